The Morgan fingerprint density at radius 3 is 2.84 bits per heavy atom. The maximum atomic E-state index is 14.1. The first-order valence-corrected chi connectivity index (χ1v) is 12.2. The van der Waals surface area contributed by atoms with Crippen LogP contribution in [0.1, 0.15) is 42.7 Å². The number of ether oxygens (including phenoxy) is 1. The van der Waals surface area contributed by atoms with E-state index in [1.807, 2.05) is 18.4 Å². The summed E-state index contributed by atoms with van der Waals surface area (Å²) in [6.07, 6.45) is 3.83. The quantitative estimate of drug-likeness (QED) is 0.611. The summed E-state index contributed by atoms with van der Waals surface area (Å²) in [5.74, 6) is 0.142. The Bertz CT molecular complexity index is 946. The lowest BCUT2D eigenvalue weighted by atomic mass is 10.0. The van der Waals surface area contributed by atoms with Crippen molar-refractivity contribution in [2.45, 2.75) is 38.6 Å². The van der Waals surface area contributed by atoms with Crippen LogP contribution in [0.15, 0.2) is 35.7 Å². The zero-order chi connectivity index (χ0) is 22.5. The molecule has 0 bridgehead atoms. The summed E-state index contributed by atoms with van der Waals surface area (Å²) in [7, 11) is 0. The zero-order valence-electron chi connectivity index (χ0n) is 18.4. The van der Waals surface area contributed by atoms with Crippen LogP contribution in [0.25, 0.3) is 0 Å². The average Bonchev–Trinajstić information content (AvgIpc) is 3.48. The molecule has 1 N–H and O–H groups in total. The molecule has 0 radical (unpaired) electrons. The van der Waals surface area contributed by atoms with Gasteiger partial charge in [-0.3, -0.25) is 4.79 Å². The molecule has 6 nitrogen and oxygen atoms in total. The van der Waals surface area contributed by atoms with E-state index in [2.05, 4.69) is 5.32 Å². The van der Waals surface area contributed by atoms with Crippen molar-refractivity contribution < 1.29 is 18.7 Å². The van der Waals surface area contributed by atoms with Crippen LogP contribution in [-0.2, 0) is 11.2 Å². The number of rotatable bonds is 9. The SMILES string of the molecule is CCCNC(=O)N(CC(=O)N1CCc2sccc2C1COc1ccccc1F)CC1CC1. The molecule has 1 aliphatic carbocycles. The minimum Gasteiger partial charge on any atom is -0.488 e. The second kappa shape index (κ2) is 10.3. The molecule has 1 saturated carbocycles. The first kappa shape index (κ1) is 22.6. The standard InChI is InChI=1S/C24H30FN3O3S/c1-2-11-26-24(30)27(14-17-7-8-17)15-23(29)28-12-9-22-18(10-13-32-22)20(28)16-31-21-6-4-3-5-19(21)25/h3-6,10,13,17,20H,2,7-9,11-12,14-16H2,1H3,(H,26,30). The van der Waals surface area contributed by atoms with Crippen molar-refractivity contribution in [2.75, 3.05) is 32.8 Å². The van der Waals surface area contributed by atoms with E-state index in [1.165, 1.54) is 10.9 Å². The third-order valence-corrected chi connectivity index (χ3v) is 6.96. The molecule has 2 heterocycles. The first-order valence-electron chi connectivity index (χ1n) is 11.3. The molecule has 1 aliphatic heterocycles. The van der Waals surface area contributed by atoms with Gasteiger partial charge in [0.15, 0.2) is 11.6 Å². The van der Waals surface area contributed by atoms with Crippen molar-refractivity contribution in [2.24, 2.45) is 5.92 Å². The van der Waals surface area contributed by atoms with Crippen LogP contribution in [-0.4, -0.2) is 54.5 Å². The van der Waals surface area contributed by atoms with Gasteiger partial charge in [-0.2, -0.15) is 0 Å². The van der Waals surface area contributed by atoms with Crippen LogP contribution in [0.2, 0.25) is 0 Å². The molecule has 4 rings (SSSR count). The van der Waals surface area contributed by atoms with E-state index in [4.69, 9.17) is 4.74 Å². The minimum atomic E-state index is -0.421. The van der Waals surface area contributed by atoms with Gasteiger partial charge < -0.3 is 19.9 Å². The highest BCUT2D eigenvalue weighted by atomic mass is 32.1. The summed E-state index contributed by atoms with van der Waals surface area (Å²) in [4.78, 5) is 30.7. The molecule has 1 aromatic heterocycles. The van der Waals surface area contributed by atoms with E-state index in [0.29, 0.717) is 25.6 Å². The number of hydrogen-bond donors (Lipinski definition) is 1. The van der Waals surface area contributed by atoms with E-state index >= 15 is 0 Å². The van der Waals surface area contributed by atoms with E-state index in [0.717, 1.165) is 31.2 Å². The maximum Gasteiger partial charge on any atom is 0.317 e. The number of benzene rings is 1. The normalized spacial score (nSPS) is 17.6. The first-order chi connectivity index (χ1) is 15.6. The van der Waals surface area contributed by atoms with Gasteiger partial charge in [-0.15, -0.1) is 11.3 Å². The van der Waals surface area contributed by atoms with Crippen LogP contribution >= 0.6 is 11.3 Å². The fraction of sp³-hybridized carbons (Fsp3) is 0.500. The van der Waals surface area contributed by atoms with Gasteiger partial charge >= 0.3 is 6.03 Å². The lowest BCUT2D eigenvalue weighted by Crippen LogP contribution is -2.50. The number of carbonyl (C=O) groups is 2. The lowest BCUT2D eigenvalue weighted by Gasteiger charge is -2.37. The minimum absolute atomic E-state index is 0.0434. The number of thiophene rings is 1. The maximum absolute atomic E-state index is 14.1. The Labute approximate surface area is 192 Å². The molecule has 3 amide bonds. The van der Waals surface area contributed by atoms with Crippen LogP contribution < -0.4 is 10.1 Å². The van der Waals surface area contributed by atoms with Crippen LogP contribution in [0.3, 0.4) is 0 Å². The van der Waals surface area contributed by atoms with Gasteiger partial charge in [0.25, 0.3) is 0 Å². The molecule has 1 atom stereocenters. The van der Waals surface area contributed by atoms with E-state index < -0.39 is 5.82 Å². The van der Waals surface area contributed by atoms with Crippen molar-refractivity contribution in [3.63, 3.8) is 0 Å². The third kappa shape index (κ3) is 5.41. The number of halogens is 1. The molecular weight excluding hydrogens is 429 g/mol. The molecule has 2 aromatic rings. The summed E-state index contributed by atoms with van der Waals surface area (Å²) < 4.78 is 19.9. The van der Waals surface area contributed by atoms with Crippen molar-refractivity contribution >= 4 is 23.3 Å². The van der Waals surface area contributed by atoms with Crippen molar-refractivity contribution in [3.05, 3.63) is 52.0 Å². The molecular formula is C24H30FN3O3S. The van der Waals surface area contributed by atoms with E-state index in [1.54, 1.807) is 39.3 Å². The number of urea groups is 1. The number of nitrogens with one attached hydrogen (secondary N) is 1. The third-order valence-electron chi connectivity index (χ3n) is 5.96. The van der Waals surface area contributed by atoms with Gasteiger partial charge in [-0.05, 0) is 60.7 Å². The Kier molecular flexibility index (Phi) is 7.29. The lowest BCUT2D eigenvalue weighted by molar-refractivity contribution is -0.135. The van der Waals surface area contributed by atoms with Crippen molar-refractivity contribution in [1.29, 1.82) is 0 Å². The highest BCUT2D eigenvalue weighted by molar-refractivity contribution is 7.10. The smallest absolute Gasteiger partial charge is 0.317 e. The predicted molar refractivity (Wildman–Crippen MR) is 122 cm³/mol. The van der Waals surface area contributed by atoms with E-state index in [-0.39, 0.29) is 36.9 Å². The van der Waals surface area contributed by atoms with Gasteiger partial charge in [0.1, 0.15) is 13.2 Å². The summed E-state index contributed by atoms with van der Waals surface area (Å²) >= 11 is 1.67. The van der Waals surface area contributed by atoms with Crippen molar-refractivity contribution in [3.8, 4) is 5.75 Å². The highest BCUT2D eigenvalue weighted by Gasteiger charge is 2.35. The number of amides is 3. The van der Waals surface area contributed by atoms with Gasteiger partial charge in [-0.1, -0.05) is 19.1 Å². The average molecular weight is 460 g/mol. The summed E-state index contributed by atoms with van der Waals surface area (Å²) in [6.45, 7) is 3.97. The molecule has 172 valence electrons. The van der Waals surface area contributed by atoms with E-state index in [9.17, 15) is 14.0 Å². The molecule has 32 heavy (non-hydrogen) atoms. The number of nitrogens with zero attached hydrogens (tertiary/aromatic N) is 2. The molecule has 0 spiro atoms. The summed E-state index contributed by atoms with van der Waals surface area (Å²) in [5, 5.41) is 4.92. The number of hydrogen-bond acceptors (Lipinski definition) is 4. The molecule has 1 unspecified atom stereocenters. The second-order valence-electron chi connectivity index (χ2n) is 8.45. The fourth-order valence-electron chi connectivity index (χ4n) is 4.03. The number of fused-ring (bicyclic) bond motifs is 1. The van der Waals surface area contributed by atoms with Gasteiger partial charge in [0, 0.05) is 24.5 Å². The molecule has 0 saturated heterocycles. The zero-order valence-corrected chi connectivity index (χ0v) is 19.2. The number of para-hydroxylation sites is 1. The fourth-order valence-corrected chi connectivity index (χ4v) is 4.96. The number of carbonyl (C=O) groups excluding carboxylic acids is 2. The van der Waals surface area contributed by atoms with Crippen LogP contribution in [0.4, 0.5) is 9.18 Å². The topological polar surface area (TPSA) is 61.9 Å². The largest absolute Gasteiger partial charge is 0.488 e. The van der Waals surface area contributed by atoms with Gasteiger partial charge in [0.05, 0.1) is 6.04 Å². The molecule has 1 aromatic carbocycles. The monoisotopic (exact) mass is 459 g/mol. The van der Waals surface area contributed by atoms with Crippen LogP contribution in [0.5, 0.6) is 5.75 Å². The molecule has 1 fully saturated rings. The Morgan fingerprint density at radius 2 is 2.09 bits per heavy atom. The molecule has 2 aliphatic rings. The summed E-state index contributed by atoms with van der Waals surface area (Å²) in [6, 6.07) is 7.83. The highest BCUT2D eigenvalue weighted by Crippen LogP contribution is 2.35. The Balaban J connectivity index is 1.48. The van der Waals surface area contributed by atoms with Crippen LogP contribution in [0, 0.1) is 11.7 Å². The Morgan fingerprint density at radius 1 is 1.28 bits per heavy atom. The Hall–Kier alpha value is -2.61. The predicted octanol–water partition coefficient (Wildman–Crippen LogP) is 4.22. The second-order valence-corrected chi connectivity index (χ2v) is 9.45. The van der Waals surface area contributed by atoms with Crippen molar-refractivity contribution in [1.82, 2.24) is 15.1 Å². The molecule has 8 heteroatoms. The van der Waals surface area contributed by atoms with Gasteiger partial charge in [-0.25, -0.2) is 9.18 Å². The van der Waals surface area contributed by atoms with Gasteiger partial charge in [0.2, 0.25) is 5.91 Å². The summed E-state index contributed by atoms with van der Waals surface area (Å²) in [5.41, 5.74) is 1.05.